The van der Waals surface area contributed by atoms with Crippen LogP contribution in [0.4, 0.5) is 5.69 Å². The summed E-state index contributed by atoms with van der Waals surface area (Å²) in [7, 11) is -3.48. The van der Waals surface area contributed by atoms with Crippen LogP contribution in [-0.4, -0.2) is 31.7 Å². The Balaban J connectivity index is 1.75. The monoisotopic (exact) mass is 355 g/mol. The van der Waals surface area contributed by atoms with E-state index in [-0.39, 0.29) is 10.8 Å². The highest BCUT2D eigenvalue weighted by Crippen LogP contribution is 2.21. The maximum atomic E-state index is 12.5. The van der Waals surface area contributed by atoms with Gasteiger partial charge in [0.05, 0.1) is 16.5 Å². The van der Waals surface area contributed by atoms with Gasteiger partial charge < -0.3 is 5.32 Å². The topological polar surface area (TPSA) is 90.3 Å². The minimum Gasteiger partial charge on any atom is -0.322 e. The van der Waals surface area contributed by atoms with Gasteiger partial charge in [0.25, 0.3) is 5.91 Å². The van der Waals surface area contributed by atoms with Crippen molar-refractivity contribution in [3.63, 3.8) is 0 Å². The highest BCUT2D eigenvalue weighted by Gasteiger charge is 2.27. The molecule has 25 heavy (non-hydrogen) atoms. The predicted molar refractivity (Wildman–Crippen MR) is 93.5 cm³/mol. The number of sulfonamides is 1. The standard InChI is InChI=1S/C18H17N3O3S/c19-13-14-4-3-5-16(12-14)20-18(22)15-6-8-17(9-7-15)25(23,24)21-10-1-2-11-21/h3-9,12H,1-2,10-11H2,(H,20,22). The first-order chi connectivity index (χ1) is 12.0. The highest BCUT2D eigenvalue weighted by molar-refractivity contribution is 7.89. The van der Waals surface area contributed by atoms with Crippen LogP contribution in [0.3, 0.4) is 0 Å². The Kier molecular flexibility index (Phi) is 4.83. The lowest BCUT2D eigenvalue weighted by Gasteiger charge is -2.15. The van der Waals surface area contributed by atoms with Crippen LogP contribution in [0.1, 0.15) is 28.8 Å². The van der Waals surface area contributed by atoms with Gasteiger partial charge in [-0.3, -0.25) is 4.79 Å². The number of rotatable bonds is 4. The summed E-state index contributed by atoms with van der Waals surface area (Å²) in [6.45, 7) is 1.08. The van der Waals surface area contributed by atoms with E-state index >= 15 is 0 Å². The van der Waals surface area contributed by atoms with Crippen molar-refractivity contribution in [1.82, 2.24) is 4.31 Å². The van der Waals surface area contributed by atoms with Gasteiger partial charge in [0.1, 0.15) is 0 Å². The zero-order valence-electron chi connectivity index (χ0n) is 13.5. The molecule has 1 heterocycles. The lowest BCUT2D eigenvalue weighted by molar-refractivity contribution is 0.102. The maximum Gasteiger partial charge on any atom is 0.255 e. The van der Waals surface area contributed by atoms with Crippen molar-refractivity contribution in [2.75, 3.05) is 18.4 Å². The Hall–Kier alpha value is -2.69. The maximum absolute atomic E-state index is 12.5. The molecule has 1 saturated heterocycles. The molecule has 1 aliphatic heterocycles. The Bertz CT molecular complexity index is 925. The lowest BCUT2D eigenvalue weighted by atomic mass is 10.2. The molecular weight excluding hydrogens is 338 g/mol. The van der Waals surface area contributed by atoms with Gasteiger partial charge in [-0.15, -0.1) is 0 Å². The predicted octanol–water partition coefficient (Wildman–Crippen LogP) is 2.60. The summed E-state index contributed by atoms with van der Waals surface area (Å²) in [5.74, 6) is -0.361. The number of nitriles is 1. The molecule has 0 unspecified atom stereocenters. The van der Waals surface area contributed by atoms with Crippen LogP contribution in [0.15, 0.2) is 53.4 Å². The molecule has 0 atom stereocenters. The van der Waals surface area contributed by atoms with E-state index in [0.29, 0.717) is 29.9 Å². The van der Waals surface area contributed by atoms with Gasteiger partial charge in [0.15, 0.2) is 0 Å². The van der Waals surface area contributed by atoms with Crippen LogP contribution in [0.5, 0.6) is 0 Å². The van der Waals surface area contributed by atoms with Gasteiger partial charge >= 0.3 is 0 Å². The fourth-order valence-electron chi connectivity index (χ4n) is 2.73. The molecule has 1 fully saturated rings. The van der Waals surface area contributed by atoms with Crippen molar-refractivity contribution in [3.05, 3.63) is 59.7 Å². The van der Waals surface area contributed by atoms with Crippen molar-refractivity contribution >= 4 is 21.6 Å². The Morgan fingerprint density at radius 1 is 1.08 bits per heavy atom. The van der Waals surface area contributed by atoms with Crippen LogP contribution >= 0.6 is 0 Å². The third kappa shape index (κ3) is 3.71. The number of carbonyl (C=O) groups is 1. The van der Waals surface area contributed by atoms with E-state index in [1.54, 1.807) is 24.3 Å². The summed E-state index contributed by atoms with van der Waals surface area (Å²) < 4.78 is 26.4. The third-order valence-corrected chi connectivity index (χ3v) is 5.98. The van der Waals surface area contributed by atoms with Crippen molar-refractivity contribution in [2.45, 2.75) is 17.7 Å². The van der Waals surface area contributed by atoms with E-state index in [9.17, 15) is 13.2 Å². The Labute approximate surface area is 146 Å². The molecule has 0 saturated carbocycles. The van der Waals surface area contributed by atoms with Crippen molar-refractivity contribution in [3.8, 4) is 6.07 Å². The molecule has 0 radical (unpaired) electrons. The first-order valence-electron chi connectivity index (χ1n) is 7.92. The van der Waals surface area contributed by atoms with Gasteiger partial charge in [-0.25, -0.2) is 8.42 Å². The van der Waals surface area contributed by atoms with Crippen molar-refractivity contribution < 1.29 is 13.2 Å². The van der Waals surface area contributed by atoms with Gasteiger partial charge in [-0.05, 0) is 55.3 Å². The van der Waals surface area contributed by atoms with Gasteiger partial charge in [-0.1, -0.05) is 6.07 Å². The van der Waals surface area contributed by atoms with Gasteiger partial charge in [-0.2, -0.15) is 9.57 Å². The first-order valence-corrected chi connectivity index (χ1v) is 9.36. The van der Waals surface area contributed by atoms with Crippen LogP contribution in [0, 0.1) is 11.3 Å². The van der Waals surface area contributed by atoms with Crippen LogP contribution in [0.2, 0.25) is 0 Å². The van der Waals surface area contributed by atoms with Gasteiger partial charge in [0.2, 0.25) is 10.0 Å². The second-order valence-corrected chi connectivity index (χ2v) is 7.72. The number of anilines is 1. The Morgan fingerprint density at radius 2 is 1.76 bits per heavy atom. The second kappa shape index (κ2) is 7.05. The third-order valence-electron chi connectivity index (χ3n) is 4.07. The molecule has 0 spiro atoms. The summed E-state index contributed by atoms with van der Waals surface area (Å²) in [5, 5.41) is 11.6. The van der Waals surface area contributed by atoms with E-state index in [4.69, 9.17) is 5.26 Å². The summed E-state index contributed by atoms with van der Waals surface area (Å²) in [6.07, 6.45) is 1.75. The van der Waals surface area contributed by atoms with E-state index in [2.05, 4.69) is 5.32 Å². The zero-order valence-corrected chi connectivity index (χ0v) is 14.3. The van der Waals surface area contributed by atoms with E-state index in [0.717, 1.165) is 12.8 Å². The highest BCUT2D eigenvalue weighted by atomic mass is 32.2. The number of nitrogens with zero attached hydrogens (tertiary/aromatic N) is 2. The first kappa shape index (κ1) is 17.1. The molecule has 0 bridgehead atoms. The molecule has 6 nitrogen and oxygen atoms in total. The summed E-state index contributed by atoms with van der Waals surface area (Å²) in [5.41, 5.74) is 1.31. The SMILES string of the molecule is N#Cc1cccc(NC(=O)c2ccc(S(=O)(=O)N3CCCC3)cc2)c1. The lowest BCUT2D eigenvalue weighted by Crippen LogP contribution is -2.27. The summed E-state index contributed by atoms with van der Waals surface area (Å²) >= 11 is 0. The second-order valence-electron chi connectivity index (χ2n) is 5.78. The fraction of sp³-hybridized carbons (Fsp3) is 0.222. The number of amides is 1. The van der Waals surface area contributed by atoms with Crippen molar-refractivity contribution in [2.24, 2.45) is 0 Å². The average molecular weight is 355 g/mol. The molecule has 0 aliphatic carbocycles. The quantitative estimate of drug-likeness (QED) is 0.913. The molecule has 7 heteroatoms. The number of hydrogen-bond acceptors (Lipinski definition) is 4. The summed E-state index contributed by atoms with van der Waals surface area (Å²) in [4.78, 5) is 12.5. The molecule has 3 rings (SSSR count). The molecule has 2 aromatic carbocycles. The number of benzene rings is 2. The van der Waals surface area contributed by atoms with E-state index in [1.807, 2.05) is 6.07 Å². The fourth-order valence-corrected chi connectivity index (χ4v) is 4.24. The largest absolute Gasteiger partial charge is 0.322 e. The molecule has 1 N–H and O–H groups in total. The molecule has 128 valence electrons. The average Bonchev–Trinajstić information content (AvgIpc) is 3.17. The molecular formula is C18H17N3O3S. The molecule has 0 aromatic heterocycles. The zero-order chi connectivity index (χ0) is 17.9. The van der Waals surface area contributed by atoms with E-state index < -0.39 is 10.0 Å². The molecule has 1 aliphatic rings. The van der Waals surface area contributed by atoms with E-state index in [1.165, 1.54) is 28.6 Å². The number of hydrogen-bond donors (Lipinski definition) is 1. The van der Waals surface area contributed by atoms with Gasteiger partial charge in [0, 0.05) is 24.3 Å². The minimum atomic E-state index is -3.48. The summed E-state index contributed by atoms with van der Waals surface area (Å²) in [6, 6.07) is 14.5. The number of nitrogens with one attached hydrogen (secondary N) is 1. The number of carbonyl (C=O) groups excluding carboxylic acids is 1. The molecule has 2 aromatic rings. The molecule has 1 amide bonds. The normalized spacial score (nSPS) is 14.8. The van der Waals surface area contributed by atoms with Crippen molar-refractivity contribution in [1.29, 1.82) is 5.26 Å². The Morgan fingerprint density at radius 3 is 2.40 bits per heavy atom. The van der Waals surface area contributed by atoms with Crippen LogP contribution in [0.25, 0.3) is 0 Å². The minimum absolute atomic E-state index is 0.192. The van der Waals surface area contributed by atoms with Crippen LogP contribution in [-0.2, 0) is 10.0 Å². The smallest absolute Gasteiger partial charge is 0.255 e. The van der Waals surface area contributed by atoms with Crippen LogP contribution < -0.4 is 5.32 Å².